The van der Waals surface area contributed by atoms with Crippen LogP contribution in [-0.4, -0.2) is 5.84 Å². The van der Waals surface area contributed by atoms with Crippen molar-refractivity contribution in [3.63, 3.8) is 0 Å². The van der Waals surface area contributed by atoms with Crippen molar-refractivity contribution in [2.75, 3.05) is 0 Å². The Morgan fingerprint density at radius 2 is 0.891 bits per heavy atom. The molecule has 0 spiro atoms. The first kappa shape index (κ1) is 33.8. The van der Waals surface area contributed by atoms with Gasteiger partial charge in [-0.25, -0.2) is 4.99 Å². The first-order valence-electron chi connectivity index (χ1n) is 18.9. The first-order chi connectivity index (χ1) is 27.2. The fourth-order valence-corrected chi connectivity index (χ4v) is 8.20. The monoisotopic (exact) mass is 704 g/mol. The topological polar surface area (TPSA) is 38.4 Å². The Morgan fingerprint density at radius 1 is 0.436 bits per heavy atom. The maximum absolute atomic E-state index is 6.60. The Morgan fingerprint density at radius 3 is 1.49 bits per heavy atom. The van der Waals surface area contributed by atoms with Gasteiger partial charge in [0, 0.05) is 11.1 Å². The summed E-state index contributed by atoms with van der Waals surface area (Å²) in [6, 6.07) is 75.9. The lowest BCUT2D eigenvalue weighted by molar-refractivity contribution is 0.769. The van der Waals surface area contributed by atoms with E-state index in [-0.39, 0.29) is 0 Å². The molecule has 0 fully saturated rings. The summed E-state index contributed by atoms with van der Waals surface area (Å²) in [6.45, 7) is 0. The fraction of sp³-hybridized carbons (Fsp3) is 0.0377. The van der Waals surface area contributed by atoms with Crippen LogP contribution in [0.1, 0.15) is 38.9 Å². The molecule has 1 aliphatic rings. The van der Waals surface area contributed by atoms with Gasteiger partial charge in [-0.1, -0.05) is 212 Å². The van der Waals surface area contributed by atoms with Crippen molar-refractivity contribution in [3.05, 3.63) is 257 Å². The lowest BCUT2D eigenvalue weighted by Gasteiger charge is -2.34. The van der Waals surface area contributed by atoms with Gasteiger partial charge in [0.1, 0.15) is 5.84 Å². The van der Waals surface area contributed by atoms with E-state index in [1.54, 1.807) is 0 Å². The van der Waals surface area contributed by atoms with Crippen molar-refractivity contribution in [3.8, 4) is 33.4 Å². The predicted molar refractivity (Wildman–Crippen MR) is 230 cm³/mol. The van der Waals surface area contributed by atoms with Crippen molar-refractivity contribution >= 4 is 11.5 Å². The predicted octanol–water partition coefficient (Wildman–Crippen LogP) is 12.4. The quantitative estimate of drug-likeness (QED) is 0.118. The van der Waals surface area contributed by atoms with Crippen LogP contribution in [0.5, 0.6) is 0 Å². The standard InChI is InChI=1S/C53H40N2/c54-52(42-19-8-3-9-20-42)55-51(36-27-38-15-4-1-5-16-38)44-22-14-21-43(37-44)41-30-34-46(35-31-41)53(45-32-28-40(29-33-45)39-17-6-2-7-18-39)49-25-12-10-23-47(49)48-24-11-13-26-50(48)53/h1-26,28-37H,27H2,(H2,54,55)/b51-36-. The second-order valence-corrected chi connectivity index (χ2v) is 14.1. The zero-order chi connectivity index (χ0) is 37.0. The van der Waals surface area contributed by atoms with Crippen LogP contribution in [0.15, 0.2) is 223 Å². The van der Waals surface area contributed by atoms with E-state index in [4.69, 9.17) is 10.7 Å². The number of allylic oxidation sites excluding steroid dienone is 1. The number of nitrogens with two attached hydrogens (primary N) is 1. The molecule has 0 radical (unpaired) electrons. The van der Waals surface area contributed by atoms with Crippen LogP contribution in [0.25, 0.3) is 39.1 Å². The molecule has 0 atom stereocenters. The average Bonchev–Trinajstić information content (AvgIpc) is 3.57. The summed E-state index contributed by atoms with van der Waals surface area (Å²) in [5.74, 6) is 0.494. The van der Waals surface area contributed by atoms with Gasteiger partial charge in [0.25, 0.3) is 0 Å². The molecule has 1 aliphatic carbocycles. The number of hydrogen-bond acceptors (Lipinski definition) is 1. The van der Waals surface area contributed by atoms with Crippen molar-refractivity contribution in [1.82, 2.24) is 0 Å². The van der Waals surface area contributed by atoms with E-state index in [2.05, 4.69) is 182 Å². The van der Waals surface area contributed by atoms with E-state index in [0.717, 1.165) is 34.4 Å². The maximum Gasteiger partial charge on any atom is 0.131 e. The number of hydrogen-bond donors (Lipinski definition) is 1. The van der Waals surface area contributed by atoms with Crippen LogP contribution in [0.2, 0.25) is 0 Å². The molecule has 0 amide bonds. The number of nitrogens with zero attached hydrogens (tertiary/aromatic N) is 1. The average molecular weight is 705 g/mol. The maximum atomic E-state index is 6.60. The van der Waals surface area contributed by atoms with Gasteiger partial charge in [-0.05, 0) is 73.7 Å². The third-order valence-electron chi connectivity index (χ3n) is 10.9. The first-order valence-corrected chi connectivity index (χ1v) is 18.9. The molecule has 262 valence electrons. The molecule has 0 aromatic heterocycles. The second-order valence-electron chi connectivity index (χ2n) is 14.1. The Balaban J connectivity index is 1.13. The van der Waals surface area contributed by atoms with E-state index in [1.807, 2.05) is 36.4 Å². The van der Waals surface area contributed by atoms with Gasteiger partial charge >= 0.3 is 0 Å². The van der Waals surface area contributed by atoms with Crippen LogP contribution in [0.3, 0.4) is 0 Å². The summed E-state index contributed by atoms with van der Waals surface area (Å²) in [7, 11) is 0. The Bertz CT molecular complexity index is 2590. The van der Waals surface area contributed by atoms with Gasteiger partial charge in [0.15, 0.2) is 0 Å². The molecule has 2 N–H and O–H groups in total. The molecule has 0 bridgehead atoms. The zero-order valence-corrected chi connectivity index (χ0v) is 30.5. The number of rotatable bonds is 9. The van der Waals surface area contributed by atoms with Gasteiger partial charge in [0.05, 0.1) is 11.1 Å². The van der Waals surface area contributed by atoms with E-state index in [0.29, 0.717) is 5.84 Å². The molecule has 0 unspecified atom stereocenters. The normalized spacial score (nSPS) is 13.2. The van der Waals surface area contributed by atoms with Crippen LogP contribution in [0, 0.1) is 0 Å². The summed E-state index contributed by atoms with van der Waals surface area (Å²) in [4.78, 5) is 5.00. The number of benzene rings is 8. The number of aliphatic imine (C=N–C) groups is 1. The van der Waals surface area contributed by atoms with Crippen molar-refractivity contribution < 1.29 is 0 Å². The highest BCUT2D eigenvalue weighted by Gasteiger charge is 2.45. The number of fused-ring (bicyclic) bond motifs is 3. The van der Waals surface area contributed by atoms with Gasteiger partial charge in [-0.3, -0.25) is 0 Å². The molecule has 9 rings (SSSR count). The van der Waals surface area contributed by atoms with Crippen LogP contribution in [-0.2, 0) is 11.8 Å². The molecule has 0 heterocycles. The summed E-state index contributed by atoms with van der Waals surface area (Å²) in [5, 5.41) is 0. The van der Waals surface area contributed by atoms with Crippen LogP contribution >= 0.6 is 0 Å². The Labute approximate surface area is 323 Å². The van der Waals surface area contributed by atoms with Crippen LogP contribution in [0.4, 0.5) is 0 Å². The summed E-state index contributed by atoms with van der Waals surface area (Å²) in [6.07, 6.45) is 2.92. The van der Waals surface area contributed by atoms with Crippen molar-refractivity contribution in [1.29, 1.82) is 0 Å². The minimum atomic E-state index is -0.472. The van der Waals surface area contributed by atoms with E-state index < -0.39 is 5.41 Å². The van der Waals surface area contributed by atoms with Crippen LogP contribution < -0.4 is 5.73 Å². The molecule has 0 aliphatic heterocycles. The van der Waals surface area contributed by atoms with Gasteiger partial charge in [-0.15, -0.1) is 0 Å². The summed E-state index contributed by atoms with van der Waals surface area (Å²) >= 11 is 0. The minimum absolute atomic E-state index is 0.472. The summed E-state index contributed by atoms with van der Waals surface area (Å²) < 4.78 is 0. The highest BCUT2D eigenvalue weighted by Crippen LogP contribution is 2.56. The number of amidine groups is 1. The largest absolute Gasteiger partial charge is 0.383 e. The molecule has 8 aromatic rings. The molecular weight excluding hydrogens is 665 g/mol. The third kappa shape index (κ3) is 6.38. The fourth-order valence-electron chi connectivity index (χ4n) is 8.20. The molecule has 8 aromatic carbocycles. The summed E-state index contributed by atoms with van der Waals surface area (Å²) in [5.41, 5.74) is 22.5. The molecule has 2 nitrogen and oxygen atoms in total. The lowest BCUT2D eigenvalue weighted by Crippen LogP contribution is -2.28. The van der Waals surface area contributed by atoms with Crippen molar-refractivity contribution in [2.24, 2.45) is 10.7 Å². The van der Waals surface area contributed by atoms with Crippen molar-refractivity contribution in [2.45, 2.75) is 11.8 Å². The molecule has 0 saturated carbocycles. The SMILES string of the molecule is NC(=N/C(=C\Cc1ccccc1)c1cccc(-c2ccc(C3(c4ccc(-c5ccccc5)cc4)c4ccccc4-c4ccccc43)cc2)c1)c1ccccc1. The smallest absolute Gasteiger partial charge is 0.131 e. The van der Waals surface area contributed by atoms with E-state index >= 15 is 0 Å². The lowest BCUT2D eigenvalue weighted by atomic mass is 9.67. The van der Waals surface area contributed by atoms with E-state index in [9.17, 15) is 0 Å². The minimum Gasteiger partial charge on any atom is -0.383 e. The molecule has 2 heteroatoms. The molecule has 55 heavy (non-hydrogen) atoms. The Kier molecular flexibility index (Phi) is 9.07. The highest BCUT2D eigenvalue weighted by atomic mass is 14.9. The molecular formula is C53H40N2. The Hall–Kier alpha value is -7.03. The third-order valence-corrected chi connectivity index (χ3v) is 10.9. The molecule has 0 saturated heterocycles. The van der Waals surface area contributed by atoms with Gasteiger partial charge in [0.2, 0.25) is 0 Å². The van der Waals surface area contributed by atoms with Gasteiger partial charge in [-0.2, -0.15) is 0 Å². The van der Waals surface area contributed by atoms with E-state index in [1.165, 1.54) is 50.1 Å². The van der Waals surface area contributed by atoms with Gasteiger partial charge < -0.3 is 5.73 Å². The second kappa shape index (κ2) is 14.8. The highest BCUT2D eigenvalue weighted by molar-refractivity contribution is 6.00. The zero-order valence-electron chi connectivity index (χ0n) is 30.5.